The number of nitrogens with zero attached hydrogens (tertiary/aromatic N) is 5. The Hall–Kier alpha value is -2.28. The molecule has 3 heterocycles. The maximum atomic E-state index is 12.3. The highest BCUT2D eigenvalue weighted by molar-refractivity contribution is 5.12. The Labute approximate surface area is 158 Å². The van der Waals surface area contributed by atoms with Crippen LogP contribution in [0.25, 0.3) is 0 Å². The molecule has 1 saturated carbocycles. The van der Waals surface area contributed by atoms with Crippen LogP contribution in [0.15, 0.2) is 34.4 Å². The zero-order chi connectivity index (χ0) is 18.8. The van der Waals surface area contributed by atoms with Crippen LogP contribution in [0.1, 0.15) is 43.0 Å². The molecule has 1 saturated heterocycles. The van der Waals surface area contributed by atoms with Gasteiger partial charge in [0.25, 0.3) is 11.1 Å². The van der Waals surface area contributed by atoms with Gasteiger partial charge in [-0.3, -0.25) is 18.7 Å². The fourth-order valence-corrected chi connectivity index (χ4v) is 3.78. The Balaban J connectivity index is 1.26. The average Bonchev–Trinajstić information content (AvgIpc) is 3.49. The summed E-state index contributed by atoms with van der Waals surface area (Å²) in [6.45, 7) is 6.11. The van der Waals surface area contributed by atoms with Crippen LogP contribution in [-0.2, 0) is 13.1 Å². The minimum atomic E-state index is 0.0129. The quantitative estimate of drug-likeness (QED) is 0.770. The second-order valence-electron chi connectivity index (χ2n) is 7.93. The van der Waals surface area contributed by atoms with E-state index in [2.05, 4.69) is 14.9 Å². The lowest BCUT2D eigenvalue weighted by Gasteiger charge is -2.32. The largest absolute Gasteiger partial charge is 0.302 e. The molecule has 0 bridgehead atoms. The molecule has 0 amide bonds. The van der Waals surface area contributed by atoms with E-state index < -0.39 is 0 Å². The van der Waals surface area contributed by atoms with Crippen molar-refractivity contribution in [3.63, 3.8) is 0 Å². The maximum Gasteiger partial charge on any atom is 0.253 e. The Bertz CT molecular complexity index is 907. The van der Waals surface area contributed by atoms with Gasteiger partial charge in [0, 0.05) is 43.4 Å². The fourth-order valence-electron chi connectivity index (χ4n) is 3.78. The van der Waals surface area contributed by atoms with Crippen LogP contribution in [0.4, 0.5) is 0 Å². The van der Waals surface area contributed by atoms with Crippen molar-refractivity contribution in [2.45, 2.75) is 51.6 Å². The van der Waals surface area contributed by atoms with Crippen molar-refractivity contribution in [2.75, 3.05) is 19.6 Å². The minimum absolute atomic E-state index is 0.0129. The monoisotopic (exact) mass is 369 g/mol. The van der Waals surface area contributed by atoms with Gasteiger partial charge in [-0.1, -0.05) is 0 Å². The van der Waals surface area contributed by atoms with Crippen molar-refractivity contribution in [1.29, 1.82) is 0 Å². The first-order valence-electron chi connectivity index (χ1n) is 9.90. The van der Waals surface area contributed by atoms with Crippen molar-refractivity contribution in [1.82, 2.24) is 24.0 Å². The van der Waals surface area contributed by atoms with Gasteiger partial charge in [-0.15, -0.1) is 0 Å². The highest BCUT2D eigenvalue weighted by Crippen LogP contribution is 2.38. The standard InChI is InChI=1S/C20H27N5O2/c1-15-10-19(26)24(13-21-15)9-8-23-6-4-16(5-7-23)12-25-14-22-18(11-20(25)27)17-2-3-17/h10-11,13-14,16-17H,2-9,12H2,1H3. The predicted molar refractivity (Wildman–Crippen MR) is 103 cm³/mol. The van der Waals surface area contributed by atoms with Gasteiger partial charge < -0.3 is 4.90 Å². The molecule has 144 valence electrons. The molecule has 0 radical (unpaired) electrons. The first kappa shape index (κ1) is 18.1. The number of aryl methyl sites for hydroxylation is 1. The normalized spacial score (nSPS) is 18.7. The third-order valence-electron chi connectivity index (χ3n) is 5.73. The highest BCUT2D eigenvalue weighted by atomic mass is 16.1. The second-order valence-corrected chi connectivity index (χ2v) is 7.93. The van der Waals surface area contributed by atoms with Gasteiger partial charge in [0.15, 0.2) is 0 Å². The topological polar surface area (TPSA) is 73.0 Å². The van der Waals surface area contributed by atoms with Crippen LogP contribution in [0, 0.1) is 12.8 Å². The smallest absolute Gasteiger partial charge is 0.253 e. The number of piperidine rings is 1. The van der Waals surface area contributed by atoms with Gasteiger partial charge in [-0.05, 0) is 51.6 Å². The molecule has 2 aromatic rings. The summed E-state index contributed by atoms with van der Waals surface area (Å²) < 4.78 is 3.44. The van der Waals surface area contributed by atoms with Gasteiger partial charge in [-0.25, -0.2) is 9.97 Å². The third kappa shape index (κ3) is 4.53. The lowest BCUT2D eigenvalue weighted by molar-refractivity contribution is 0.167. The summed E-state index contributed by atoms with van der Waals surface area (Å²) in [6, 6.07) is 3.30. The summed E-state index contributed by atoms with van der Waals surface area (Å²) in [5.41, 5.74) is 1.82. The number of hydrogen-bond donors (Lipinski definition) is 0. The molecule has 2 aliphatic rings. The van der Waals surface area contributed by atoms with Crippen LogP contribution in [0.5, 0.6) is 0 Å². The lowest BCUT2D eigenvalue weighted by atomic mass is 9.96. The molecular formula is C20H27N5O2. The van der Waals surface area contributed by atoms with E-state index in [9.17, 15) is 9.59 Å². The Morgan fingerprint density at radius 3 is 2.30 bits per heavy atom. The number of aromatic nitrogens is 4. The Morgan fingerprint density at radius 1 is 0.926 bits per heavy atom. The number of rotatable bonds is 6. The molecule has 2 aromatic heterocycles. The summed E-state index contributed by atoms with van der Waals surface area (Å²) in [6.07, 6.45) is 7.84. The average molecular weight is 369 g/mol. The fraction of sp³-hybridized carbons (Fsp3) is 0.600. The van der Waals surface area contributed by atoms with Crippen LogP contribution < -0.4 is 11.1 Å². The first-order valence-corrected chi connectivity index (χ1v) is 9.90. The van der Waals surface area contributed by atoms with Gasteiger partial charge in [-0.2, -0.15) is 0 Å². The molecule has 0 atom stereocenters. The Kier molecular flexibility index (Phi) is 5.20. The van der Waals surface area contributed by atoms with E-state index in [1.807, 2.05) is 6.92 Å². The molecule has 0 unspecified atom stereocenters. The number of likely N-dealkylation sites (tertiary alicyclic amines) is 1. The van der Waals surface area contributed by atoms with E-state index in [4.69, 9.17) is 0 Å². The molecule has 27 heavy (non-hydrogen) atoms. The van der Waals surface area contributed by atoms with Crippen molar-refractivity contribution in [2.24, 2.45) is 5.92 Å². The van der Waals surface area contributed by atoms with Crippen molar-refractivity contribution in [3.8, 4) is 0 Å². The van der Waals surface area contributed by atoms with E-state index in [0.717, 1.165) is 50.4 Å². The molecule has 1 aliphatic heterocycles. The van der Waals surface area contributed by atoms with E-state index in [1.54, 1.807) is 33.9 Å². The zero-order valence-electron chi connectivity index (χ0n) is 15.9. The molecule has 2 fully saturated rings. The van der Waals surface area contributed by atoms with Crippen LogP contribution in [0.3, 0.4) is 0 Å². The van der Waals surface area contributed by atoms with E-state index in [-0.39, 0.29) is 11.1 Å². The zero-order valence-corrected chi connectivity index (χ0v) is 15.9. The third-order valence-corrected chi connectivity index (χ3v) is 5.73. The molecule has 7 heteroatoms. The van der Waals surface area contributed by atoms with Gasteiger partial charge in [0.1, 0.15) is 0 Å². The predicted octanol–water partition coefficient (Wildman–Crippen LogP) is 1.40. The molecule has 1 aliphatic carbocycles. The SMILES string of the molecule is Cc1cc(=O)n(CCN2CCC(Cn3cnc(C4CC4)cc3=O)CC2)cn1. The first-order chi connectivity index (χ1) is 13.1. The van der Waals surface area contributed by atoms with Gasteiger partial charge in [0.05, 0.1) is 18.3 Å². The highest BCUT2D eigenvalue weighted by Gasteiger charge is 2.26. The maximum absolute atomic E-state index is 12.3. The van der Waals surface area contributed by atoms with E-state index in [0.29, 0.717) is 18.4 Å². The summed E-state index contributed by atoms with van der Waals surface area (Å²) in [4.78, 5) is 35.3. The molecular weight excluding hydrogens is 342 g/mol. The summed E-state index contributed by atoms with van der Waals surface area (Å²) in [5.74, 6) is 1.03. The molecule has 0 spiro atoms. The molecule has 0 aromatic carbocycles. The van der Waals surface area contributed by atoms with Crippen LogP contribution in [0.2, 0.25) is 0 Å². The van der Waals surface area contributed by atoms with Crippen molar-refractivity contribution < 1.29 is 0 Å². The van der Waals surface area contributed by atoms with Gasteiger partial charge in [0.2, 0.25) is 0 Å². The van der Waals surface area contributed by atoms with Crippen molar-refractivity contribution >= 4 is 0 Å². The Morgan fingerprint density at radius 2 is 1.63 bits per heavy atom. The second kappa shape index (κ2) is 7.76. The summed E-state index contributed by atoms with van der Waals surface area (Å²) in [5, 5.41) is 0. The summed E-state index contributed by atoms with van der Waals surface area (Å²) in [7, 11) is 0. The summed E-state index contributed by atoms with van der Waals surface area (Å²) >= 11 is 0. The van der Waals surface area contributed by atoms with E-state index in [1.165, 1.54) is 12.8 Å². The van der Waals surface area contributed by atoms with E-state index >= 15 is 0 Å². The molecule has 0 N–H and O–H groups in total. The van der Waals surface area contributed by atoms with Gasteiger partial charge >= 0.3 is 0 Å². The van der Waals surface area contributed by atoms with Crippen LogP contribution in [-0.4, -0.2) is 43.6 Å². The molecule has 7 nitrogen and oxygen atoms in total. The van der Waals surface area contributed by atoms with Crippen molar-refractivity contribution in [3.05, 3.63) is 56.9 Å². The lowest BCUT2D eigenvalue weighted by Crippen LogP contribution is -2.39. The molecule has 4 rings (SSSR count). The minimum Gasteiger partial charge on any atom is -0.302 e. The van der Waals surface area contributed by atoms with Crippen LogP contribution >= 0.6 is 0 Å². The number of hydrogen-bond acceptors (Lipinski definition) is 5.